The summed E-state index contributed by atoms with van der Waals surface area (Å²) in [5, 5.41) is 8.51. The molecule has 2 unspecified atom stereocenters. The summed E-state index contributed by atoms with van der Waals surface area (Å²) in [7, 11) is 2.23. The van der Waals surface area contributed by atoms with Crippen LogP contribution in [0.2, 0.25) is 10.3 Å². The van der Waals surface area contributed by atoms with E-state index in [2.05, 4.69) is 27.0 Å². The van der Waals surface area contributed by atoms with E-state index in [-0.39, 0.29) is 0 Å². The molecule has 98 valence electrons. The smallest absolute Gasteiger partial charge is 0.175 e. The molecule has 1 aromatic heterocycles. The summed E-state index contributed by atoms with van der Waals surface area (Å²) in [6.07, 6.45) is 3.75. The normalized spacial score (nSPS) is 28.5. The maximum absolute atomic E-state index is 6.13. The van der Waals surface area contributed by atoms with E-state index >= 15 is 0 Å². The van der Waals surface area contributed by atoms with Crippen LogP contribution in [-0.2, 0) is 0 Å². The largest absolute Gasteiger partial charge is 0.367 e. The van der Waals surface area contributed by atoms with Gasteiger partial charge in [0, 0.05) is 31.2 Å². The fourth-order valence-electron chi connectivity index (χ4n) is 3.09. The molecule has 0 radical (unpaired) electrons. The zero-order chi connectivity index (χ0) is 12.7. The molecule has 2 aliphatic rings. The fraction of sp³-hybridized carbons (Fsp3) is 0.667. The topological polar surface area (TPSA) is 32.3 Å². The summed E-state index contributed by atoms with van der Waals surface area (Å²) >= 11 is 12.0. The first-order valence-corrected chi connectivity index (χ1v) is 7.06. The van der Waals surface area contributed by atoms with Gasteiger partial charge in [0.1, 0.15) is 0 Å². The van der Waals surface area contributed by atoms with Crippen LogP contribution in [0.3, 0.4) is 0 Å². The van der Waals surface area contributed by atoms with Crippen molar-refractivity contribution in [3.05, 3.63) is 16.4 Å². The summed E-state index contributed by atoms with van der Waals surface area (Å²) in [6, 6.07) is 3.14. The molecule has 18 heavy (non-hydrogen) atoms. The molecule has 2 atom stereocenters. The molecule has 1 aromatic rings. The van der Waals surface area contributed by atoms with Crippen molar-refractivity contribution in [3.63, 3.8) is 0 Å². The van der Waals surface area contributed by atoms with Crippen LogP contribution in [-0.4, -0.2) is 47.3 Å². The van der Waals surface area contributed by atoms with E-state index < -0.39 is 0 Å². The molecule has 0 saturated carbocycles. The molecule has 0 N–H and O–H groups in total. The van der Waals surface area contributed by atoms with E-state index in [1.165, 1.54) is 19.3 Å². The molecule has 0 aliphatic carbocycles. The number of halogens is 2. The van der Waals surface area contributed by atoms with Crippen molar-refractivity contribution < 1.29 is 0 Å². The van der Waals surface area contributed by atoms with Gasteiger partial charge in [0.25, 0.3) is 0 Å². The molecular formula is C12H16Cl2N4. The second-order valence-corrected chi connectivity index (χ2v) is 5.87. The van der Waals surface area contributed by atoms with Gasteiger partial charge in [-0.25, -0.2) is 0 Å². The highest BCUT2D eigenvalue weighted by Crippen LogP contribution is 2.33. The first-order chi connectivity index (χ1) is 8.65. The minimum atomic E-state index is 0.400. The highest BCUT2D eigenvalue weighted by Gasteiger charge is 2.35. The summed E-state index contributed by atoms with van der Waals surface area (Å²) < 4.78 is 0. The first-order valence-electron chi connectivity index (χ1n) is 6.31. The van der Waals surface area contributed by atoms with Crippen LogP contribution in [0, 0.1) is 0 Å². The molecule has 3 rings (SSSR count). The maximum atomic E-state index is 6.13. The van der Waals surface area contributed by atoms with E-state index in [4.69, 9.17) is 23.2 Å². The SMILES string of the molecule is CN1C2CCC1CN(c1cc(Cl)nnc1Cl)CC2. The molecule has 6 heteroatoms. The van der Waals surface area contributed by atoms with Crippen molar-refractivity contribution in [2.24, 2.45) is 0 Å². The number of aromatic nitrogens is 2. The quantitative estimate of drug-likeness (QED) is 0.794. The Labute approximate surface area is 117 Å². The minimum Gasteiger partial charge on any atom is -0.367 e. The van der Waals surface area contributed by atoms with Crippen LogP contribution in [0.15, 0.2) is 6.07 Å². The highest BCUT2D eigenvalue weighted by atomic mass is 35.5. The Morgan fingerprint density at radius 1 is 1.17 bits per heavy atom. The monoisotopic (exact) mass is 286 g/mol. The van der Waals surface area contributed by atoms with Gasteiger partial charge in [0.15, 0.2) is 10.3 Å². The third-order valence-electron chi connectivity index (χ3n) is 4.19. The number of likely N-dealkylation sites (N-methyl/N-ethyl adjacent to an activating group) is 1. The zero-order valence-corrected chi connectivity index (χ0v) is 11.8. The number of rotatable bonds is 1. The molecule has 0 amide bonds. The lowest BCUT2D eigenvalue weighted by Crippen LogP contribution is -2.36. The lowest BCUT2D eigenvalue weighted by atomic mass is 10.1. The van der Waals surface area contributed by atoms with Crippen molar-refractivity contribution in [2.75, 3.05) is 25.0 Å². The fourth-order valence-corrected chi connectivity index (χ4v) is 3.45. The predicted molar refractivity (Wildman–Crippen MR) is 73.5 cm³/mol. The van der Waals surface area contributed by atoms with E-state index in [9.17, 15) is 0 Å². The van der Waals surface area contributed by atoms with E-state index in [0.29, 0.717) is 22.4 Å². The van der Waals surface area contributed by atoms with E-state index in [1.54, 1.807) is 0 Å². The second-order valence-electron chi connectivity index (χ2n) is 5.13. The second kappa shape index (κ2) is 4.83. The van der Waals surface area contributed by atoms with Gasteiger partial charge in [0.05, 0.1) is 5.69 Å². The maximum Gasteiger partial charge on any atom is 0.175 e. The average Bonchev–Trinajstić information content (AvgIpc) is 2.57. The molecule has 4 nitrogen and oxygen atoms in total. The van der Waals surface area contributed by atoms with Crippen molar-refractivity contribution in [2.45, 2.75) is 31.3 Å². The Kier molecular flexibility index (Phi) is 3.34. The first kappa shape index (κ1) is 12.5. The van der Waals surface area contributed by atoms with Gasteiger partial charge < -0.3 is 4.90 Å². The Hall–Kier alpha value is -0.580. The van der Waals surface area contributed by atoms with E-state index in [0.717, 1.165) is 18.8 Å². The van der Waals surface area contributed by atoms with E-state index in [1.807, 2.05) is 6.07 Å². The third kappa shape index (κ3) is 2.17. The minimum absolute atomic E-state index is 0.400. The van der Waals surface area contributed by atoms with Crippen LogP contribution < -0.4 is 4.90 Å². The summed E-state index contributed by atoms with van der Waals surface area (Å²) in [5.74, 6) is 0. The summed E-state index contributed by atoms with van der Waals surface area (Å²) in [5.41, 5.74) is 0.914. The Bertz CT molecular complexity index is 454. The van der Waals surface area contributed by atoms with Crippen LogP contribution >= 0.6 is 23.2 Å². The molecule has 2 saturated heterocycles. The third-order valence-corrected chi connectivity index (χ3v) is 4.64. The Morgan fingerprint density at radius 3 is 2.78 bits per heavy atom. The zero-order valence-electron chi connectivity index (χ0n) is 10.3. The lowest BCUT2D eigenvalue weighted by molar-refractivity contribution is 0.254. The van der Waals surface area contributed by atoms with Gasteiger partial charge >= 0.3 is 0 Å². The van der Waals surface area contributed by atoms with Crippen molar-refractivity contribution in [1.82, 2.24) is 15.1 Å². The van der Waals surface area contributed by atoms with Gasteiger partial charge in [-0.3, -0.25) is 4.90 Å². The van der Waals surface area contributed by atoms with Gasteiger partial charge in [-0.2, -0.15) is 0 Å². The van der Waals surface area contributed by atoms with Crippen molar-refractivity contribution >= 4 is 28.9 Å². The van der Waals surface area contributed by atoms with Gasteiger partial charge in [-0.05, 0) is 26.3 Å². The average molecular weight is 287 g/mol. The molecule has 2 bridgehead atoms. The van der Waals surface area contributed by atoms with Gasteiger partial charge in [-0.15, -0.1) is 10.2 Å². The molecule has 0 spiro atoms. The molecule has 2 fully saturated rings. The standard InChI is InChI=1S/C12H16Cl2N4/c1-17-8-2-3-9(17)7-18(5-4-8)10-6-11(13)15-16-12(10)14/h6,8-9H,2-5,7H2,1H3. The predicted octanol–water partition coefficient (Wildman–Crippen LogP) is 2.46. The van der Waals surface area contributed by atoms with Crippen LogP contribution in [0.4, 0.5) is 5.69 Å². The Morgan fingerprint density at radius 2 is 1.94 bits per heavy atom. The number of anilines is 1. The van der Waals surface area contributed by atoms with Crippen LogP contribution in [0.25, 0.3) is 0 Å². The van der Waals surface area contributed by atoms with Gasteiger partial charge in [-0.1, -0.05) is 23.2 Å². The number of hydrogen-bond donors (Lipinski definition) is 0. The highest BCUT2D eigenvalue weighted by molar-refractivity contribution is 6.33. The Balaban J connectivity index is 1.87. The van der Waals surface area contributed by atoms with Crippen molar-refractivity contribution in [3.8, 4) is 0 Å². The molecule has 2 aliphatic heterocycles. The summed E-state index contributed by atoms with van der Waals surface area (Å²) in [4.78, 5) is 4.80. The molecular weight excluding hydrogens is 271 g/mol. The molecule has 0 aromatic carbocycles. The van der Waals surface area contributed by atoms with Crippen LogP contribution in [0.5, 0.6) is 0 Å². The van der Waals surface area contributed by atoms with Crippen molar-refractivity contribution in [1.29, 1.82) is 0 Å². The van der Waals surface area contributed by atoms with Crippen LogP contribution in [0.1, 0.15) is 19.3 Å². The number of nitrogens with zero attached hydrogens (tertiary/aromatic N) is 4. The summed E-state index contributed by atoms with van der Waals surface area (Å²) in [6.45, 7) is 2.00. The number of hydrogen-bond acceptors (Lipinski definition) is 4. The van der Waals surface area contributed by atoms with Gasteiger partial charge in [0.2, 0.25) is 0 Å². The lowest BCUT2D eigenvalue weighted by Gasteiger charge is -2.27. The molecule has 3 heterocycles. The number of fused-ring (bicyclic) bond motifs is 2.